The highest BCUT2D eigenvalue weighted by atomic mass is 16.5. The first-order valence-electron chi connectivity index (χ1n) is 10.9. The Labute approximate surface area is 193 Å². The van der Waals surface area contributed by atoms with Gasteiger partial charge < -0.3 is 19.3 Å². The molecule has 0 atom stereocenters. The molecule has 1 fully saturated rings. The number of nitrogens with zero attached hydrogens (tertiary/aromatic N) is 4. The maximum atomic E-state index is 13.2. The summed E-state index contributed by atoms with van der Waals surface area (Å²) in [5.41, 5.74) is 2.20. The molecule has 2 aromatic carbocycles. The Morgan fingerprint density at radius 2 is 1.58 bits per heavy atom. The van der Waals surface area contributed by atoms with Crippen LogP contribution in [0.1, 0.15) is 22.3 Å². The lowest BCUT2D eigenvalue weighted by Crippen LogP contribution is -2.36. The highest BCUT2D eigenvalue weighted by Gasteiger charge is 2.22. The smallest absolute Gasteiger partial charge is 0.271 e. The molecule has 8 heteroatoms. The summed E-state index contributed by atoms with van der Waals surface area (Å²) in [4.78, 5) is 29.5. The van der Waals surface area contributed by atoms with Crippen LogP contribution in [0.2, 0.25) is 0 Å². The molecule has 33 heavy (non-hydrogen) atoms. The summed E-state index contributed by atoms with van der Waals surface area (Å²) in [6.07, 6.45) is 0.790. The molecule has 0 unspecified atom stereocenters. The second-order valence-corrected chi connectivity index (χ2v) is 8.01. The molecule has 1 aliphatic heterocycles. The molecular weight excluding hydrogens is 420 g/mol. The number of hydrogen-bond acceptors (Lipinski definition) is 6. The number of ether oxygens (including phenoxy) is 2. The standard InChI is InChI=1S/C25H28N4O4/c1-18-5-7-20(8-6-18)29-24(30)10-9-23(26-29)27-11-4-12-28(14-13-27)25(31)19-15-21(32-2)17-22(16-19)33-3/h5-10,15-17H,4,11-14H2,1-3H3. The number of aromatic nitrogens is 2. The third kappa shape index (κ3) is 5.00. The number of rotatable bonds is 5. The third-order valence-corrected chi connectivity index (χ3v) is 5.77. The van der Waals surface area contributed by atoms with E-state index in [0.29, 0.717) is 42.5 Å². The first-order chi connectivity index (χ1) is 16.0. The third-order valence-electron chi connectivity index (χ3n) is 5.77. The van der Waals surface area contributed by atoms with Crippen molar-refractivity contribution in [2.45, 2.75) is 13.3 Å². The van der Waals surface area contributed by atoms with E-state index in [9.17, 15) is 9.59 Å². The van der Waals surface area contributed by atoms with E-state index in [1.807, 2.05) is 36.1 Å². The molecule has 0 spiro atoms. The molecule has 4 rings (SSSR count). The lowest BCUT2D eigenvalue weighted by atomic mass is 10.1. The summed E-state index contributed by atoms with van der Waals surface area (Å²) in [6, 6.07) is 16.2. The van der Waals surface area contributed by atoms with Gasteiger partial charge in [0.15, 0.2) is 0 Å². The average Bonchev–Trinajstić information content (AvgIpc) is 3.10. The highest BCUT2D eigenvalue weighted by molar-refractivity contribution is 5.95. The summed E-state index contributed by atoms with van der Waals surface area (Å²) >= 11 is 0. The minimum atomic E-state index is -0.179. The topological polar surface area (TPSA) is 76.9 Å². The van der Waals surface area contributed by atoms with Gasteiger partial charge in [0.2, 0.25) is 0 Å². The van der Waals surface area contributed by atoms with Crippen LogP contribution < -0.4 is 19.9 Å². The Kier molecular flexibility index (Phi) is 6.63. The zero-order chi connectivity index (χ0) is 23.4. The molecule has 1 saturated heterocycles. The van der Waals surface area contributed by atoms with E-state index in [-0.39, 0.29) is 11.5 Å². The van der Waals surface area contributed by atoms with Crippen molar-refractivity contribution < 1.29 is 14.3 Å². The zero-order valence-electron chi connectivity index (χ0n) is 19.2. The average molecular weight is 449 g/mol. The molecule has 0 N–H and O–H groups in total. The molecule has 1 aromatic heterocycles. The molecule has 0 aliphatic carbocycles. The predicted octanol–water partition coefficient (Wildman–Crippen LogP) is 2.91. The van der Waals surface area contributed by atoms with Crippen molar-refractivity contribution in [2.75, 3.05) is 45.3 Å². The molecule has 0 bridgehead atoms. The summed E-state index contributed by atoms with van der Waals surface area (Å²) in [5.74, 6) is 1.81. The van der Waals surface area contributed by atoms with E-state index in [1.54, 1.807) is 44.6 Å². The fourth-order valence-corrected chi connectivity index (χ4v) is 3.90. The van der Waals surface area contributed by atoms with Gasteiger partial charge in [-0.3, -0.25) is 9.59 Å². The van der Waals surface area contributed by atoms with Gasteiger partial charge >= 0.3 is 0 Å². The Bertz CT molecular complexity index is 1170. The molecule has 1 amide bonds. The van der Waals surface area contributed by atoms with E-state index in [0.717, 1.165) is 24.2 Å². The second kappa shape index (κ2) is 9.77. The number of benzene rings is 2. The minimum Gasteiger partial charge on any atom is -0.497 e. The molecule has 172 valence electrons. The predicted molar refractivity (Wildman–Crippen MR) is 127 cm³/mol. The van der Waals surface area contributed by atoms with Gasteiger partial charge in [0.05, 0.1) is 19.9 Å². The maximum absolute atomic E-state index is 13.2. The number of anilines is 1. The maximum Gasteiger partial charge on any atom is 0.271 e. The van der Waals surface area contributed by atoms with Crippen molar-refractivity contribution in [3.63, 3.8) is 0 Å². The second-order valence-electron chi connectivity index (χ2n) is 8.01. The molecule has 0 saturated carbocycles. The van der Waals surface area contributed by atoms with Crippen LogP contribution in [0.25, 0.3) is 5.69 Å². The Hall–Kier alpha value is -3.81. The van der Waals surface area contributed by atoms with Gasteiger partial charge in [0.25, 0.3) is 11.5 Å². The van der Waals surface area contributed by atoms with Crippen LogP contribution >= 0.6 is 0 Å². The number of carbonyl (C=O) groups excluding carboxylic acids is 1. The van der Waals surface area contributed by atoms with E-state index in [1.165, 1.54) is 4.68 Å². The van der Waals surface area contributed by atoms with E-state index in [2.05, 4.69) is 10.00 Å². The van der Waals surface area contributed by atoms with Crippen molar-refractivity contribution in [1.29, 1.82) is 0 Å². The number of carbonyl (C=O) groups is 1. The van der Waals surface area contributed by atoms with Crippen LogP contribution in [0.4, 0.5) is 5.82 Å². The van der Waals surface area contributed by atoms with Crippen LogP contribution in [0.5, 0.6) is 11.5 Å². The van der Waals surface area contributed by atoms with Gasteiger partial charge in [0, 0.05) is 43.9 Å². The highest BCUT2D eigenvalue weighted by Crippen LogP contribution is 2.24. The fourth-order valence-electron chi connectivity index (χ4n) is 3.90. The monoisotopic (exact) mass is 448 g/mol. The normalized spacial score (nSPS) is 14.0. The molecular formula is C25H28N4O4. The first kappa shape index (κ1) is 22.4. The van der Waals surface area contributed by atoms with Crippen molar-refractivity contribution in [1.82, 2.24) is 14.7 Å². The summed E-state index contributed by atoms with van der Waals surface area (Å²) < 4.78 is 12.0. The van der Waals surface area contributed by atoms with Crippen LogP contribution in [0.15, 0.2) is 59.4 Å². The van der Waals surface area contributed by atoms with Gasteiger partial charge in [-0.05, 0) is 43.7 Å². The van der Waals surface area contributed by atoms with Gasteiger partial charge in [-0.2, -0.15) is 4.68 Å². The fraction of sp³-hybridized carbons (Fsp3) is 0.320. The van der Waals surface area contributed by atoms with Gasteiger partial charge in [-0.15, -0.1) is 5.10 Å². The first-order valence-corrected chi connectivity index (χ1v) is 10.9. The van der Waals surface area contributed by atoms with Gasteiger partial charge in [-0.1, -0.05) is 17.7 Å². The number of amides is 1. The minimum absolute atomic E-state index is 0.0633. The molecule has 2 heterocycles. The van der Waals surface area contributed by atoms with E-state index in [4.69, 9.17) is 9.47 Å². The van der Waals surface area contributed by atoms with Crippen LogP contribution in [-0.2, 0) is 0 Å². The van der Waals surface area contributed by atoms with E-state index < -0.39 is 0 Å². The van der Waals surface area contributed by atoms with Crippen LogP contribution in [0, 0.1) is 6.92 Å². The molecule has 1 aliphatic rings. The van der Waals surface area contributed by atoms with Crippen LogP contribution in [-0.4, -0.2) is 61.0 Å². The Balaban J connectivity index is 1.52. The largest absolute Gasteiger partial charge is 0.497 e. The SMILES string of the molecule is COc1cc(OC)cc(C(=O)N2CCCN(c3ccc(=O)n(-c4ccc(C)cc4)n3)CC2)c1. The molecule has 8 nitrogen and oxygen atoms in total. The molecule has 3 aromatic rings. The summed E-state index contributed by atoms with van der Waals surface area (Å²) in [6.45, 7) is 4.54. The van der Waals surface area contributed by atoms with Gasteiger partial charge in [-0.25, -0.2) is 0 Å². The lowest BCUT2D eigenvalue weighted by molar-refractivity contribution is 0.0766. The van der Waals surface area contributed by atoms with E-state index >= 15 is 0 Å². The van der Waals surface area contributed by atoms with Crippen molar-refractivity contribution >= 4 is 11.7 Å². The Morgan fingerprint density at radius 1 is 0.879 bits per heavy atom. The number of methoxy groups -OCH3 is 2. The van der Waals surface area contributed by atoms with Crippen molar-refractivity contribution in [3.8, 4) is 17.2 Å². The van der Waals surface area contributed by atoms with Crippen molar-refractivity contribution in [3.05, 3.63) is 76.1 Å². The van der Waals surface area contributed by atoms with Crippen LogP contribution in [0.3, 0.4) is 0 Å². The Morgan fingerprint density at radius 3 is 2.24 bits per heavy atom. The number of hydrogen-bond donors (Lipinski definition) is 0. The summed E-state index contributed by atoms with van der Waals surface area (Å²) in [5, 5.41) is 4.60. The van der Waals surface area contributed by atoms with Crippen molar-refractivity contribution in [2.24, 2.45) is 0 Å². The lowest BCUT2D eigenvalue weighted by Gasteiger charge is -2.23. The zero-order valence-corrected chi connectivity index (χ0v) is 19.2. The number of aryl methyl sites for hydroxylation is 1. The summed E-state index contributed by atoms with van der Waals surface area (Å²) in [7, 11) is 3.13. The molecule has 0 radical (unpaired) electrons. The van der Waals surface area contributed by atoms with Gasteiger partial charge in [0.1, 0.15) is 17.3 Å². The quantitative estimate of drug-likeness (QED) is 0.597.